The van der Waals surface area contributed by atoms with Gasteiger partial charge >= 0.3 is 0 Å². The second-order valence-corrected chi connectivity index (χ2v) is 2.50. The van der Waals surface area contributed by atoms with E-state index in [1.807, 2.05) is 0 Å². The van der Waals surface area contributed by atoms with E-state index >= 15 is 0 Å². The van der Waals surface area contributed by atoms with Gasteiger partial charge in [-0.05, 0) is 6.07 Å². The molecule has 5 nitrogen and oxygen atoms in total. The minimum atomic E-state index is -0.904. The highest BCUT2D eigenvalue weighted by Crippen LogP contribution is 2.16. The Balaban J connectivity index is 3.14. The lowest BCUT2D eigenvalue weighted by Crippen LogP contribution is -2.19. The van der Waals surface area contributed by atoms with Gasteiger partial charge in [0.2, 0.25) is 0 Å². The number of non-ortho nitro benzene ring substituents is 1. The SMILES string of the molecule is CNC(=O)c1ccc([N+](=O)[O-])cc1F. The molecule has 74 valence electrons. The molecule has 0 fully saturated rings. The summed E-state index contributed by atoms with van der Waals surface area (Å²) in [6.07, 6.45) is 0. The molecule has 0 radical (unpaired) electrons. The quantitative estimate of drug-likeness (QED) is 0.571. The number of halogens is 1. The minimum Gasteiger partial charge on any atom is -0.355 e. The molecular formula is C8H7FN2O3. The number of nitro groups is 1. The van der Waals surface area contributed by atoms with E-state index in [0.29, 0.717) is 6.07 Å². The molecule has 1 aromatic rings. The van der Waals surface area contributed by atoms with Crippen LogP contribution in [0.5, 0.6) is 0 Å². The van der Waals surface area contributed by atoms with Gasteiger partial charge in [0.15, 0.2) is 0 Å². The number of benzene rings is 1. The predicted octanol–water partition coefficient (Wildman–Crippen LogP) is 1.09. The maximum absolute atomic E-state index is 13.1. The van der Waals surface area contributed by atoms with Crippen LogP contribution in [0.1, 0.15) is 10.4 Å². The number of rotatable bonds is 2. The zero-order valence-corrected chi connectivity index (χ0v) is 7.28. The van der Waals surface area contributed by atoms with E-state index in [1.165, 1.54) is 7.05 Å². The van der Waals surface area contributed by atoms with Gasteiger partial charge in [-0.15, -0.1) is 0 Å². The summed E-state index contributed by atoms with van der Waals surface area (Å²) in [5.41, 5.74) is -0.590. The first kappa shape index (κ1) is 10.1. The van der Waals surface area contributed by atoms with E-state index in [4.69, 9.17) is 0 Å². The van der Waals surface area contributed by atoms with Crippen LogP contribution >= 0.6 is 0 Å². The van der Waals surface area contributed by atoms with Gasteiger partial charge in [-0.3, -0.25) is 14.9 Å². The minimum absolute atomic E-state index is 0.210. The molecule has 1 amide bonds. The Morgan fingerprint density at radius 1 is 1.57 bits per heavy atom. The summed E-state index contributed by atoms with van der Waals surface area (Å²) in [7, 11) is 1.35. The van der Waals surface area contributed by atoms with Gasteiger partial charge < -0.3 is 5.32 Å². The summed E-state index contributed by atoms with van der Waals surface area (Å²) in [5.74, 6) is -1.52. The van der Waals surface area contributed by atoms with Crippen molar-refractivity contribution in [3.63, 3.8) is 0 Å². The van der Waals surface area contributed by atoms with Gasteiger partial charge in [0.1, 0.15) is 5.82 Å². The summed E-state index contributed by atoms with van der Waals surface area (Å²) in [6, 6.07) is 2.87. The van der Waals surface area contributed by atoms with Crippen molar-refractivity contribution in [1.82, 2.24) is 5.32 Å². The number of nitro benzene ring substituents is 1. The Morgan fingerprint density at radius 2 is 2.21 bits per heavy atom. The molecule has 0 spiro atoms. The first-order chi connectivity index (χ1) is 6.56. The highest BCUT2D eigenvalue weighted by atomic mass is 19.1. The van der Waals surface area contributed by atoms with Crippen molar-refractivity contribution in [3.05, 3.63) is 39.7 Å². The topological polar surface area (TPSA) is 72.2 Å². The van der Waals surface area contributed by atoms with E-state index in [1.54, 1.807) is 0 Å². The molecule has 1 aromatic carbocycles. The van der Waals surface area contributed by atoms with Crippen LogP contribution in [-0.2, 0) is 0 Å². The Hall–Kier alpha value is -1.98. The molecule has 0 aliphatic rings. The molecule has 0 unspecified atom stereocenters. The summed E-state index contributed by atoms with van der Waals surface area (Å²) in [5, 5.41) is 12.5. The van der Waals surface area contributed by atoms with Crippen molar-refractivity contribution >= 4 is 11.6 Å². The van der Waals surface area contributed by atoms with Gasteiger partial charge in [0.25, 0.3) is 11.6 Å². The number of nitrogens with one attached hydrogen (secondary N) is 1. The summed E-state index contributed by atoms with van der Waals surface area (Å²) in [6.45, 7) is 0. The largest absolute Gasteiger partial charge is 0.355 e. The molecule has 1 N–H and O–H groups in total. The summed E-state index contributed by atoms with van der Waals surface area (Å²) in [4.78, 5) is 20.5. The number of carbonyl (C=O) groups is 1. The van der Waals surface area contributed by atoms with Crippen molar-refractivity contribution in [3.8, 4) is 0 Å². The van der Waals surface area contributed by atoms with Crippen molar-refractivity contribution in [2.45, 2.75) is 0 Å². The first-order valence-corrected chi connectivity index (χ1v) is 3.72. The third-order valence-electron chi connectivity index (χ3n) is 1.64. The molecule has 0 saturated carbocycles. The number of hydrogen-bond acceptors (Lipinski definition) is 3. The molecule has 0 atom stereocenters. The van der Waals surface area contributed by atoms with E-state index in [0.717, 1.165) is 12.1 Å². The second-order valence-electron chi connectivity index (χ2n) is 2.50. The fourth-order valence-corrected chi connectivity index (χ4v) is 0.936. The lowest BCUT2D eigenvalue weighted by atomic mass is 10.2. The Kier molecular flexibility index (Phi) is 2.76. The zero-order chi connectivity index (χ0) is 10.7. The van der Waals surface area contributed by atoms with Crippen molar-refractivity contribution in [1.29, 1.82) is 0 Å². The summed E-state index contributed by atoms with van der Waals surface area (Å²) < 4.78 is 13.1. The van der Waals surface area contributed by atoms with E-state index in [9.17, 15) is 19.3 Å². The van der Waals surface area contributed by atoms with Gasteiger partial charge in [-0.25, -0.2) is 4.39 Å². The molecule has 0 aliphatic carbocycles. The van der Waals surface area contributed by atoms with Crippen LogP contribution < -0.4 is 5.32 Å². The van der Waals surface area contributed by atoms with E-state index in [-0.39, 0.29) is 11.3 Å². The van der Waals surface area contributed by atoms with Gasteiger partial charge in [-0.1, -0.05) is 0 Å². The standard InChI is InChI=1S/C8H7FN2O3/c1-10-8(12)6-3-2-5(11(13)14)4-7(6)9/h2-4H,1H3,(H,10,12). The van der Waals surface area contributed by atoms with Crippen LogP contribution in [-0.4, -0.2) is 17.9 Å². The van der Waals surface area contributed by atoms with Crippen LogP contribution in [0, 0.1) is 15.9 Å². The molecule has 6 heteroatoms. The fraction of sp³-hybridized carbons (Fsp3) is 0.125. The number of amides is 1. The first-order valence-electron chi connectivity index (χ1n) is 3.72. The molecule has 0 bridgehead atoms. The van der Waals surface area contributed by atoms with Crippen molar-refractivity contribution < 1.29 is 14.1 Å². The lowest BCUT2D eigenvalue weighted by Gasteiger charge is -2.00. The molecule has 0 aromatic heterocycles. The number of hydrogen-bond donors (Lipinski definition) is 1. The predicted molar refractivity (Wildman–Crippen MR) is 46.4 cm³/mol. The van der Waals surface area contributed by atoms with E-state index < -0.39 is 16.6 Å². The third kappa shape index (κ3) is 1.85. The van der Waals surface area contributed by atoms with Gasteiger partial charge in [0.05, 0.1) is 16.6 Å². The molecule has 0 heterocycles. The molecule has 14 heavy (non-hydrogen) atoms. The highest BCUT2D eigenvalue weighted by Gasteiger charge is 2.14. The maximum atomic E-state index is 13.1. The Bertz CT molecular complexity index is 392. The van der Waals surface area contributed by atoms with Crippen LogP contribution in [0.25, 0.3) is 0 Å². The van der Waals surface area contributed by atoms with E-state index in [2.05, 4.69) is 5.32 Å². The fourth-order valence-electron chi connectivity index (χ4n) is 0.936. The van der Waals surface area contributed by atoms with Crippen LogP contribution in [0.4, 0.5) is 10.1 Å². The number of carbonyl (C=O) groups excluding carboxylic acids is 1. The third-order valence-corrected chi connectivity index (χ3v) is 1.64. The number of nitrogens with zero attached hydrogens (tertiary/aromatic N) is 1. The maximum Gasteiger partial charge on any atom is 0.272 e. The van der Waals surface area contributed by atoms with Gasteiger partial charge in [0, 0.05) is 13.1 Å². The second kappa shape index (κ2) is 3.82. The monoisotopic (exact) mass is 198 g/mol. The normalized spacial score (nSPS) is 9.57. The highest BCUT2D eigenvalue weighted by molar-refractivity contribution is 5.94. The van der Waals surface area contributed by atoms with Crippen molar-refractivity contribution in [2.75, 3.05) is 7.05 Å². The smallest absolute Gasteiger partial charge is 0.272 e. The Morgan fingerprint density at radius 3 is 2.64 bits per heavy atom. The average molecular weight is 198 g/mol. The zero-order valence-electron chi connectivity index (χ0n) is 7.28. The summed E-state index contributed by atoms with van der Waals surface area (Å²) >= 11 is 0. The average Bonchev–Trinajstić information content (AvgIpc) is 2.16. The van der Waals surface area contributed by atoms with Crippen LogP contribution in [0.3, 0.4) is 0 Å². The lowest BCUT2D eigenvalue weighted by molar-refractivity contribution is -0.385. The van der Waals surface area contributed by atoms with Crippen LogP contribution in [0.15, 0.2) is 18.2 Å². The Labute approximate surface area is 78.7 Å². The van der Waals surface area contributed by atoms with Crippen molar-refractivity contribution in [2.24, 2.45) is 0 Å². The van der Waals surface area contributed by atoms with Crippen LogP contribution in [0.2, 0.25) is 0 Å². The van der Waals surface area contributed by atoms with Gasteiger partial charge in [-0.2, -0.15) is 0 Å². The molecule has 1 rings (SSSR count). The molecule has 0 aliphatic heterocycles. The molecular weight excluding hydrogens is 191 g/mol. The molecule has 0 saturated heterocycles.